The number of imide groups is 1. The SMILES string of the molecule is O=C1c2ccccc2C(=O)N1c1cc(F)ccc1[N+](=O)[O-]. The molecule has 6 nitrogen and oxygen atoms in total. The Hall–Kier alpha value is -3.09. The monoisotopic (exact) mass is 286 g/mol. The highest BCUT2D eigenvalue weighted by Gasteiger charge is 2.39. The standard InChI is InChI=1S/C14H7FN2O4/c15-8-5-6-11(17(20)21)12(7-8)16-13(18)9-3-1-2-4-10(9)14(16)19/h1-7H. The Labute approximate surface area is 117 Å². The van der Waals surface area contributed by atoms with Gasteiger partial charge in [0.1, 0.15) is 11.5 Å². The third-order valence-electron chi connectivity index (χ3n) is 3.17. The summed E-state index contributed by atoms with van der Waals surface area (Å²) in [6, 6.07) is 8.68. The van der Waals surface area contributed by atoms with Gasteiger partial charge in [-0.05, 0) is 18.2 Å². The van der Waals surface area contributed by atoms with Crippen LogP contribution in [-0.2, 0) is 0 Å². The Balaban J connectivity index is 2.20. The van der Waals surface area contributed by atoms with Gasteiger partial charge in [-0.15, -0.1) is 0 Å². The summed E-state index contributed by atoms with van der Waals surface area (Å²) >= 11 is 0. The van der Waals surface area contributed by atoms with Crippen molar-refractivity contribution in [1.29, 1.82) is 0 Å². The number of rotatable bonds is 2. The number of nitrogens with zero attached hydrogens (tertiary/aromatic N) is 2. The van der Waals surface area contributed by atoms with E-state index in [2.05, 4.69) is 0 Å². The number of carbonyl (C=O) groups excluding carboxylic acids is 2. The van der Waals surface area contributed by atoms with Gasteiger partial charge in [-0.2, -0.15) is 0 Å². The van der Waals surface area contributed by atoms with E-state index in [9.17, 15) is 24.1 Å². The molecule has 0 saturated carbocycles. The summed E-state index contributed by atoms with van der Waals surface area (Å²) in [4.78, 5) is 35.4. The smallest absolute Gasteiger partial charge is 0.268 e. The van der Waals surface area contributed by atoms with Gasteiger partial charge >= 0.3 is 0 Å². The van der Waals surface area contributed by atoms with Crippen LogP contribution < -0.4 is 4.90 Å². The molecule has 0 atom stereocenters. The molecule has 0 unspecified atom stereocenters. The normalized spacial score (nSPS) is 13.5. The van der Waals surface area contributed by atoms with Crippen LogP contribution in [0.3, 0.4) is 0 Å². The summed E-state index contributed by atoms with van der Waals surface area (Å²) in [6.45, 7) is 0. The number of nitro groups is 1. The lowest BCUT2D eigenvalue weighted by Crippen LogP contribution is -2.30. The zero-order chi connectivity index (χ0) is 15.1. The molecular formula is C14H7FN2O4. The minimum Gasteiger partial charge on any atom is -0.268 e. The van der Waals surface area contributed by atoms with Crippen LogP contribution in [0.5, 0.6) is 0 Å². The van der Waals surface area contributed by atoms with Gasteiger partial charge in [0.05, 0.1) is 16.1 Å². The van der Waals surface area contributed by atoms with Crippen molar-refractivity contribution in [3.63, 3.8) is 0 Å². The van der Waals surface area contributed by atoms with E-state index in [0.29, 0.717) is 4.90 Å². The van der Waals surface area contributed by atoms with E-state index in [1.54, 1.807) is 12.1 Å². The first-order valence-corrected chi connectivity index (χ1v) is 5.92. The Bertz CT molecular complexity index is 768. The van der Waals surface area contributed by atoms with Crippen LogP contribution in [-0.4, -0.2) is 16.7 Å². The molecular weight excluding hydrogens is 279 g/mol. The number of hydrogen-bond acceptors (Lipinski definition) is 4. The van der Waals surface area contributed by atoms with Crippen LogP contribution in [0.15, 0.2) is 42.5 Å². The summed E-state index contributed by atoms with van der Waals surface area (Å²) in [5.74, 6) is -2.18. The average molecular weight is 286 g/mol. The predicted octanol–water partition coefficient (Wildman–Crippen LogP) is 2.53. The fourth-order valence-electron chi connectivity index (χ4n) is 2.24. The quantitative estimate of drug-likeness (QED) is 0.482. The molecule has 2 amide bonds. The van der Waals surface area contributed by atoms with E-state index in [1.807, 2.05) is 0 Å². The van der Waals surface area contributed by atoms with Crippen LogP contribution in [0.4, 0.5) is 15.8 Å². The molecule has 1 heterocycles. The molecule has 2 aromatic carbocycles. The zero-order valence-corrected chi connectivity index (χ0v) is 10.4. The van der Waals surface area contributed by atoms with Gasteiger partial charge in [-0.1, -0.05) is 12.1 Å². The molecule has 0 spiro atoms. The van der Waals surface area contributed by atoms with Gasteiger partial charge in [0, 0.05) is 12.1 Å². The topological polar surface area (TPSA) is 80.5 Å². The van der Waals surface area contributed by atoms with Crippen LogP contribution in [0.1, 0.15) is 20.7 Å². The van der Waals surface area contributed by atoms with Gasteiger partial charge in [0.25, 0.3) is 17.5 Å². The number of halogens is 1. The minimum absolute atomic E-state index is 0.140. The largest absolute Gasteiger partial charge is 0.293 e. The van der Waals surface area contributed by atoms with Crippen LogP contribution in [0.25, 0.3) is 0 Å². The highest BCUT2D eigenvalue weighted by Crippen LogP contribution is 2.34. The van der Waals surface area contributed by atoms with Gasteiger partial charge in [-0.3, -0.25) is 19.7 Å². The van der Waals surface area contributed by atoms with Gasteiger partial charge < -0.3 is 0 Å². The molecule has 7 heteroatoms. The predicted molar refractivity (Wildman–Crippen MR) is 70.6 cm³/mol. The van der Waals surface area contributed by atoms with Crippen molar-refractivity contribution in [1.82, 2.24) is 0 Å². The number of carbonyl (C=O) groups is 2. The molecule has 104 valence electrons. The van der Waals surface area contributed by atoms with Crippen molar-refractivity contribution in [3.05, 3.63) is 69.5 Å². The molecule has 3 rings (SSSR count). The number of fused-ring (bicyclic) bond motifs is 1. The maximum absolute atomic E-state index is 13.4. The molecule has 0 bridgehead atoms. The Morgan fingerprint density at radius 2 is 1.57 bits per heavy atom. The number of nitro benzene ring substituents is 1. The molecule has 1 aliphatic rings. The lowest BCUT2D eigenvalue weighted by Gasteiger charge is -2.13. The zero-order valence-electron chi connectivity index (χ0n) is 10.4. The summed E-state index contributed by atoms with van der Waals surface area (Å²) in [5.41, 5.74) is -0.598. The maximum Gasteiger partial charge on any atom is 0.293 e. The molecule has 0 saturated heterocycles. The van der Waals surface area contributed by atoms with Crippen molar-refractivity contribution < 1.29 is 18.9 Å². The van der Waals surface area contributed by atoms with E-state index < -0.39 is 28.2 Å². The van der Waals surface area contributed by atoms with Crippen molar-refractivity contribution >= 4 is 23.2 Å². The van der Waals surface area contributed by atoms with Gasteiger partial charge in [0.2, 0.25) is 0 Å². The van der Waals surface area contributed by atoms with E-state index >= 15 is 0 Å². The van der Waals surface area contributed by atoms with Crippen LogP contribution in [0, 0.1) is 15.9 Å². The van der Waals surface area contributed by atoms with Crippen molar-refractivity contribution in [2.24, 2.45) is 0 Å². The molecule has 21 heavy (non-hydrogen) atoms. The first-order chi connectivity index (χ1) is 10.0. The first kappa shape index (κ1) is 12.9. The minimum atomic E-state index is -0.771. The second-order valence-corrected chi connectivity index (χ2v) is 4.38. The van der Waals surface area contributed by atoms with E-state index in [-0.39, 0.29) is 16.8 Å². The lowest BCUT2D eigenvalue weighted by molar-refractivity contribution is -0.384. The molecule has 0 aliphatic carbocycles. The lowest BCUT2D eigenvalue weighted by atomic mass is 10.1. The first-order valence-electron chi connectivity index (χ1n) is 5.92. The number of anilines is 1. The van der Waals surface area contributed by atoms with Crippen molar-refractivity contribution in [2.45, 2.75) is 0 Å². The number of benzene rings is 2. The van der Waals surface area contributed by atoms with Gasteiger partial charge in [-0.25, -0.2) is 9.29 Å². The summed E-state index contributed by atoms with van der Waals surface area (Å²) in [7, 11) is 0. The third-order valence-corrected chi connectivity index (χ3v) is 3.17. The maximum atomic E-state index is 13.4. The highest BCUT2D eigenvalue weighted by molar-refractivity contribution is 6.35. The summed E-state index contributed by atoms with van der Waals surface area (Å²) < 4.78 is 13.4. The van der Waals surface area contributed by atoms with Gasteiger partial charge in [0.15, 0.2) is 0 Å². The molecule has 0 N–H and O–H groups in total. The van der Waals surface area contributed by atoms with Crippen LogP contribution in [0.2, 0.25) is 0 Å². The fourth-order valence-corrected chi connectivity index (χ4v) is 2.24. The Morgan fingerprint density at radius 1 is 1.00 bits per heavy atom. The highest BCUT2D eigenvalue weighted by atomic mass is 19.1. The Morgan fingerprint density at radius 3 is 2.10 bits per heavy atom. The van der Waals surface area contributed by atoms with E-state index in [0.717, 1.165) is 18.2 Å². The second kappa shape index (κ2) is 4.48. The third kappa shape index (κ3) is 1.86. The summed E-state index contributed by atoms with van der Waals surface area (Å²) in [6.07, 6.45) is 0. The number of hydrogen-bond donors (Lipinski definition) is 0. The van der Waals surface area contributed by atoms with Crippen molar-refractivity contribution in [3.8, 4) is 0 Å². The Kier molecular flexibility index (Phi) is 2.76. The van der Waals surface area contributed by atoms with Crippen LogP contribution >= 0.6 is 0 Å². The van der Waals surface area contributed by atoms with E-state index in [4.69, 9.17) is 0 Å². The molecule has 1 aliphatic heterocycles. The summed E-state index contributed by atoms with van der Waals surface area (Å²) in [5, 5.41) is 11.0. The fraction of sp³-hybridized carbons (Fsp3) is 0. The average Bonchev–Trinajstić information content (AvgIpc) is 2.71. The molecule has 0 fully saturated rings. The van der Waals surface area contributed by atoms with Crippen molar-refractivity contribution in [2.75, 3.05) is 4.90 Å². The van der Waals surface area contributed by atoms with E-state index in [1.165, 1.54) is 12.1 Å². The second-order valence-electron chi connectivity index (χ2n) is 4.38. The molecule has 0 aromatic heterocycles. The number of amides is 2. The molecule has 2 aromatic rings. The molecule has 0 radical (unpaired) electrons.